The Morgan fingerprint density at radius 2 is 1.36 bits per heavy atom. The first kappa shape index (κ1) is 29.8. The van der Waals surface area contributed by atoms with Gasteiger partial charge >= 0.3 is 0 Å². The first-order valence-electron chi connectivity index (χ1n) is 13.5. The molecule has 0 heterocycles. The second kappa shape index (κ2) is 14.2. The van der Waals surface area contributed by atoms with Crippen molar-refractivity contribution in [3.8, 4) is 0 Å². The molecule has 1 rings (SSSR count). The van der Waals surface area contributed by atoms with Crippen molar-refractivity contribution in [1.29, 1.82) is 0 Å². The predicted molar refractivity (Wildman–Crippen MR) is 140 cm³/mol. The zero-order chi connectivity index (χ0) is 25.2. The summed E-state index contributed by atoms with van der Waals surface area (Å²) >= 11 is 0. The largest absolute Gasteiger partial charge is 0.390 e. The molecule has 0 radical (unpaired) electrons. The van der Waals surface area contributed by atoms with Crippen molar-refractivity contribution in [1.82, 2.24) is 0 Å². The highest BCUT2D eigenvalue weighted by Crippen LogP contribution is 2.29. The van der Waals surface area contributed by atoms with Crippen LogP contribution in [0.1, 0.15) is 126 Å². The molecule has 0 aliphatic heterocycles. The van der Waals surface area contributed by atoms with Gasteiger partial charge < -0.3 is 5.11 Å². The Hall–Kier alpha value is -1.22. The molecule has 2 unspecified atom stereocenters. The van der Waals surface area contributed by atoms with Crippen molar-refractivity contribution in [3.05, 3.63) is 22.8 Å². The lowest BCUT2D eigenvalue weighted by Crippen LogP contribution is -2.25. The van der Waals surface area contributed by atoms with Crippen molar-refractivity contribution in [2.24, 2.45) is 23.7 Å². The van der Waals surface area contributed by atoms with E-state index in [9.17, 15) is 14.7 Å². The van der Waals surface area contributed by atoms with E-state index in [1.807, 2.05) is 19.9 Å². The Bertz CT molecular complexity index is 695. The van der Waals surface area contributed by atoms with E-state index in [0.29, 0.717) is 35.5 Å². The molecule has 0 spiro atoms. The molecule has 0 saturated carbocycles. The smallest absolute Gasteiger partial charge is 0.184 e. The number of carbonyl (C=O) groups is 2. The summed E-state index contributed by atoms with van der Waals surface area (Å²) < 4.78 is 0. The molecule has 0 bridgehead atoms. The van der Waals surface area contributed by atoms with Gasteiger partial charge in [0.1, 0.15) is 0 Å². The molecule has 1 aliphatic rings. The summed E-state index contributed by atoms with van der Waals surface area (Å²) in [6.07, 6.45) is 13.8. The summed E-state index contributed by atoms with van der Waals surface area (Å²) in [6.45, 7) is 16.6. The van der Waals surface area contributed by atoms with Crippen LogP contribution in [-0.4, -0.2) is 22.3 Å². The lowest BCUT2D eigenvalue weighted by molar-refractivity contribution is -0.118. The highest BCUT2D eigenvalue weighted by molar-refractivity contribution is 6.15. The molecule has 190 valence electrons. The maximum absolute atomic E-state index is 12.7. The van der Waals surface area contributed by atoms with Gasteiger partial charge in [0.25, 0.3) is 0 Å². The third-order valence-corrected chi connectivity index (χ3v) is 7.65. The second-order valence-corrected chi connectivity index (χ2v) is 11.8. The fourth-order valence-electron chi connectivity index (χ4n) is 4.93. The number of allylic oxidation sites excluding steroid dienone is 4. The quantitative estimate of drug-likeness (QED) is 0.269. The van der Waals surface area contributed by atoms with Gasteiger partial charge in [-0.3, -0.25) is 9.59 Å². The van der Waals surface area contributed by atoms with Crippen LogP contribution in [-0.2, 0) is 9.59 Å². The van der Waals surface area contributed by atoms with E-state index in [1.165, 1.54) is 38.5 Å². The van der Waals surface area contributed by atoms with Crippen LogP contribution >= 0.6 is 0 Å². The van der Waals surface area contributed by atoms with Crippen LogP contribution in [0.25, 0.3) is 0 Å². The van der Waals surface area contributed by atoms with Crippen LogP contribution in [0, 0.1) is 23.7 Å². The van der Waals surface area contributed by atoms with E-state index >= 15 is 0 Å². The molecule has 1 aliphatic carbocycles. The third-order valence-electron chi connectivity index (χ3n) is 7.65. The molecule has 0 aromatic carbocycles. The fraction of sp³-hybridized carbons (Fsp3) is 0.800. The van der Waals surface area contributed by atoms with Gasteiger partial charge in [-0.25, -0.2) is 0 Å². The molecule has 0 saturated heterocycles. The molecule has 3 nitrogen and oxygen atoms in total. The van der Waals surface area contributed by atoms with Gasteiger partial charge in [-0.15, -0.1) is 0 Å². The average Bonchev–Trinajstić information content (AvgIpc) is 2.79. The van der Waals surface area contributed by atoms with Crippen LogP contribution in [0.3, 0.4) is 0 Å². The van der Waals surface area contributed by atoms with Gasteiger partial charge in [-0.2, -0.15) is 0 Å². The molecule has 3 heteroatoms. The van der Waals surface area contributed by atoms with E-state index in [-0.39, 0.29) is 17.5 Å². The lowest BCUT2D eigenvalue weighted by atomic mass is 9.87. The van der Waals surface area contributed by atoms with Crippen LogP contribution < -0.4 is 0 Å². The van der Waals surface area contributed by atoms with Crippen molar-refractivity contribution in [3.63, 3.8) is 0 Å². The first-order chi connectivity index (χ1) is 15.3. The predicted octanol–water partition coefficient (Wildman–Crippen LogP) is 8.01. The molecular weight excluding hydrogens is 408 g/mol. The molecular formula is C30H52O3. The summed E-state index contributed by atoms with van der Waals surface area (Å²) in [5.41, 5.74) is 1.03. The van der Waals surface area contributed by atoms with Crippen LogP contribution in [0.2, 0.25) is 0 Å². The minimum atomic E-state index is -0.780. The highest BCUT2D eigenvalue weighted by Gasteiger charge is 2.27. The highest BCUT2D eigenvalue weighted by atomic mass is 16.3. The second-order valence-electron chi connectivity index (χ2n) is 11.8. The summed E-state index contributed by atoms with van der Waals surface area (Å²) in [7, 11) is 0. The molecule has 0 aromatic heterocycles. The van der Waals surface area contributed by atoms with Crippen molar-refractivity contribution < 1.29 is 14.7 Å². The van der Waals surface area contributed by atoms with Gasteiger partial charge in [-0.05, 0) is 68.9 Å². The van der Waals surface area contributed by atoms with E-state index in [0.717, 1.165) is 31.1 Å². The van der Waals surface area contributed by atoms with Gasteiger partial charge in [0.2, 0.25) is 0 Å². The van der Waals surface area contributed by atoms with Crippen LogP contribution in [0.15, 0.2) is 22.8 Å². The maximum atomic E-state index is 12.7. The Labute approximate surface area is 204 Å². The summed E-state index contributed by atoms with van der Waals surface area (Å²) in [5, 5.41) is 10.9. The van der Waals surface area contributed by atoms with Crippen LogP contribution in [0.5, 0.6) is 0 Å². The van der Waals surface area contributed by atoms with E-state index in [4.69, 9.17) is 0 Å². The first-order valence-corrected chi connectivity index (χ1v) is 13.5. The van der Waals surface area contributed by atoms with Crippen LogP contribution in [0.4, 0.5) is 0 Å². The number of ketones is 2. The number of aliphatic hydroxyl groups is 1. The minimum absolute atomic E-state index is 0.0292. The molecule has 0 aromatic rings. The average molecular weight is 461 g/mol. The fourth-order valence-corrected chi connectivity index (χ4v) is 4.93. The van der Waals surface area contributed by atoms with E-state index < -0.39 is 5.60 Å². The van der Waals surface area contributed by atoms with Crippen molar-refractivity contribution in [2.45, 2.75) is 132 Å². The monoisotopic (exact) mass is 460 g/mol. The number of carbonyl (C=O) groups excluding carboxylic acids is 2. The molecule has 0 fully saturated rings. The van der Waals surface area contributed by atoms with Gasteiger partial charge in [0, 0.05) is 11.5 Å². The number of Topliss-reactive ketones (excluding diaryl/α,β-unsaturated/α-hetero) is 2. The Balaban J connectivity index is 2.35. The third kappa shape index (κ3) is 11.2. The van der Waals surface area contributed by atoms with Crippen molar-refractivity contribution >= 4 is 11.6 Å². The Morgan fingerprint density at radius 3 is 1.91 bits per heavy atom. The zero-order valence-electron chi connectivity index (χ0n) is 22.9. The SMILES string of the molecule is CC1=C(C)C(=O)C(C)C=C(CCC(C)(O)CCC[C@H](C)CCC[C@H](C)CCCC(C)C)C1=O. The number of rotatable bonds is 15. The van der Waals surface area contributed by atoms with Crippen molar-refractivity contribution in [2.75, 3.05) is 0 Å². The topological polar surface area (TPSA) is 54.4 Å². The Kier molecular flexibility index (Phi) is 12.9. The van der Waals surface area contributed by atoms with Gasteiger partial charge in [-0.1, -0.05) is 92.1 Å². The van der Waals surface area contributed by atoms with Gasteiger partial charge in [0.15, 0.2) is 11.6 Å². The lowest BCUT2D eigenvalue weighted by Gasteiger charge is -2.24. The van der Waals surface area contributed by atoms with E-state index in [2.05, 4.69) is 27.7 Å². The standard InChI is InChI=1S/C30H52O3/c1-21(2)12-9-13-22(3)14-10-15-23(4)16-11-18-30(8,33)19-17-27-20-24(5)28(31)25(6)26(7)29(27)32/h20-24,33H,9-19H2,1-8H3/t22-,23-,24?,30?/m1/s1. The van der Waals surface area contributed by atoms with E-state index in [1.54, 1.807) is 13.8 Å². The molecule has 4 atom stereocenters. The zero-order valence-corrected chi connectivity index (χ0v) is 22.9. The maximum Gasteiger partial charge on any atom is 0.184 e. The van der Waals surface area contributed by atoms with Gasteiger partial charge in [0.05, 0.1) is 5.60 Å². The molecule has 1 N–H and O–H groups in total. The molecule has 0 amide bonds. The normalized spacial score (nSPS) is 21.2. The molecule has 33 heavy (non-hydrogen) atoms. The summed E-state index contributed by atoms with van der Waals surface area (Å²) in [6, 6.07) is 0. The minimum Gasteiger partial charge on any atom is -0.390 e. The summed E-state index contributed by atoms with van der Waals surface area (Å²) in [5.74, 6) is 2.06. The summed E-state index contributed by atoms with van der Waals surface area (Å²) in [4.78, 5) is 25.1. The number of hydrogen-bond acceptors (Lipinski definition) is 3. The Morgan fingerprint density at radius 1 is 0.848 bits per heavy atom. The number of hydrogen-bond donors (Lipinski definition) is 1.